The van der Waals surface area contributed by atoms with Crippen molar-refractivity contribution in [2.45, 2.75) is 6.61 Å². The first-order chi connectivity index (χ1) is 12.3. The topological polar surface area (TPSA) is 44.5 Å². The molecule has 0 aliphatic heterocycles. The molecule has 3 aromatic carbocycles. The van der Waals surface area contributed by atoms with Gasteiger partial charge in [0, 0.05) is 6.54 Å². The van der Waals surface area contributed by atoms with Crippen LogP contribution < -0.4 is 15.2 Å². The first-order valence-corrected chi connectivity index (χ1v) is 8.16. The van der Waals surface area contributed by atoms with E-state index in [-0.39, 0.29) is 18.2 Å². The fourth-order valence-corrected chi connectivity index (χ4v) is 2.45. The average molecular weight is 374 g/mol. The number of nitrogens with two attached hydrogens (primary N) is 1. The zero-order chi connectivity index (χ0) is 17.5. The fraction of sp³-hybridized carbons (Fsp3) is 0.143. The largest absolute Gasteiger partial charge is 0.489 e. The molecule has 0 radical (unpaired) electrons. The molecule has 0 amide bonds. The van der Waals surface area contributed by atoms with Crippen LogP contribution in [-0.2, 0) is 6.61 Å². The molecule has 3 nitrogen and oxygen atoms in total. The summed E-state index contributed by atoms with van der Waals surface area (Å²) in [5.41, 5.74) is 8.17. The Morgan fingerprint density at radius 2 is 1.50 bits per heavy atom. The first-order valence-electron chi connectivity index (χ1n) is 8.16. The smallest absolute Gasteiger partial charge is 0.165 e. The van der Waals surface area contributed by atoms with Crippen molar-refractivity contribution < 1.29 is 13.9 Å². The maximum atomic E-state index is 14.1. The molecule has 26 heavy (non-hydrogen) atoms. The lowest BCUT2D eigenvalue weighted by molar-refractivity contribution is 0.306. The maximum absolute atomic E-state index is 14.1. The van der Waals surface area contributed by atoms with Crippen LogP contribution >= 0.6 is 12.4 Å². The third-order valence-corrected chi connectivity index (χ3v) is 3.74. The lowest BCUT2D eigenvalue weighted by atomic mass is 10.1. The fourth-order valence-electron chi connectivity index (χ4n) is 2.45. The highest BCUT2D eigenvalue weighted by Gasteiger charge is 2.06. The molecule has 0 saturated heterocycles. The molecular weight excluding hydrogens is 353 g/mol. The maximum Gasteiger partial charge on any atom is 0.165 e. The molecule has 0 atom stereocenters. The molecule has 0 aliphatic carbocycles. The zero-order valence-electron chi connectivity index (χ0n) is 14.2. The molecular formula is C21H21ClFNO2. The highest BCUT2D eigenvalue weighted by molar-refractivity contribution is 5.85. The van der Waals surface area contributed by atoms with E-state index in [0.29, 0.717) is 19.8 Å². The van der Waals surface area contributed by atoms with Gasteiger partial charge in [-0.25, -0.2) is 4.39 Å². The Bertz CT molecular complexity index is 810. The van der Waals surface area contributed by atoms with Gasteiger partial charge in [-0.3, -0.25) is 0 Å². The van der Waals surface area contributed by atoms with Crippen LogP contribution in [0.25, 0.3) is 11.1 Å². The molecule has 0 spiro atoms. The van der Waals surface area contributed by atoms with Crippen molar-refractivity contribution in [1.82, 2.24) is 0 Å². The lowest BCUT2D eigenvalue weighted by Gasteiger charge is -2.09. The van der Waals surface area contributed by atoms with Gasteiger partial charge in [0.05, 0.1) is 0 Å². The average Bonchev–Trinajstić information content (AvgIpc) is 2.67. The van der Waals surface area contributed by atoms with E-state index in [4.69, 9.17) is 15.2 Å². The van der Waals surface area contributed by atoms with Gasteiger partial charge in [-0.15, -0.1) is 12.4 Å². The van der Waals surface area contributed by atoms with Gasteiger partial charge in [-0.05, 0) is 41.0 Å². The Kier molecular flexibility index (Phi) is 7.45. The number of benzene rings is 3. The van der Waals surface area contributed by atoms with Gasteiger partial charge in [0.25, 0.3) is 0 Å². The van der Waals surface area contributed by atoms with E-state index in [1.807, 2.05) is 60.7 Å². The Hall–Kier alpha value is -2.56. The Morgan fingerprint density at radius 1 is 0.808 bits per heavy atom. The van der Waals surface area contributed by atoms with Crippen LogP contribution in [0.2, 0.25) is 0 Å². The molecule has 2 N–H and O–H groups in total. The standard InChI is InChI=1S/C21H20FNO2.ClH/c22-20-14-18(8-11-21(20)24-13-12-23)17-6-9-19(10-7-17)25-15-16-4-2-1-3-5-16;/h1-11,14H,12-13,15,23H2;1H. The summed E-state index contributed by atoms with van der Waals surface area (Å²) in [4.78, 5) is 0. The van der Waals surface area contributed by atoms with Gasteiger partial charge < -0.3 is 15.2 Å². The summed E-state index contributed by atoms with van der Waals surface area (Å²) in [6, 6.07) is 22.5. The molecule has 0 aliphatic rings. The predicted molar refractivity (Wildman–Crippen MR) is 104 cm³/mol. The van der Waals surface area contributed by atoms with Crippen LogP contribution in [0.5, 0.6) is 11.5 Å². The van der Waals surface area contributed by atoms with Crippen LogP contribution in [-0.4, -0.2) is 13.2 Å². The van der Waals surface area contributed by atoms with Crippen molar-refractivity contribution in [3.8, 4) is 22.6 Å². The summed E-state index contributed by atoms with van der Waals surface area (Å²) in [6.45, 7) is 1.16. The number of hydrogen-bond acceptors (Lipinski definition) is 3. The Balaban J connectivity index is 0.00000243. The molecule has 0 unspecified atom stereocenters. The second-order valence-corrected chi connectivity index (χ2v) is 5.58. The minimum atomic E-state index is -0.393. The summed E-state index contributed by atoms with van der Waals surface area (Å²) in [6.07, 6.45) is 0. The van der Waals surface area contributed by atoms with Crippen molar-refractivity contribution in [3.05, 3.63) is 84.2 Å². The van der Waals surface area contributed by atoms with Gasteiger partial charge in [-0.2, -0.15) is 0 Å². The third-order valence-electron chi connectivity index (χ3n) is 3.74. The van der Waals surface area contributed by atoms with E-state index in [1.54, 1.807) is 6.07 Å². The molecule has 0 aromatic heterocycles. The van der Waals surface area contributed by atoms with Crippen LogP contribution in [0.4, 0.5) is 4.39 Å². The molecule has 5 heteroatoms. The van der Waals surface area contributed by atoms with E-state index in [9.17, 15) is 4.39 Å². The summed E-state index contributed by atoms with van der Waals surface area (Å²) in [5.74, 6) is 0.600. The summed E-state index contributed by atoms with van der Waals surface area (Å²) >= 11 is 0. The highest BCUT2D eigenvalue weighted by Crippen LogP contribution is 2.27. The van der Waals surface area contributed by atoms with E-state index in [0.717, 1.165) is 22.4 Å². The Labute approximate surface area is 159 Å². The normalized spacial score (nSPS) is 10.1. The zero-order valence-corrected chi connectivity index (χ0v) is 15.0. The van der Waals surface area contributed by atoms with Gasteiger partial charge in [0.1, 0.15) is 19.0 Å². The summed E-state index contributed by atoms with van der Waals surface area (Å²) < 4.78 is 25.1. The van der Waals surface area contributed by atoms with Crippen molar-refractivity contribution in [2.75, 3.05) is 13.2 Å². The molecule has 3 aromatic rings. The molecule has 0 saturated carbocycles. The quantitative estimate of drug-likeness (QED) is 0.645. The number of rotatable bonds is 7. The minimum Gasteiger partial charge on any atom is -0.489 e. The van der Waals surface area contributed by atoms with Crippen molar-refractivity contribution in [3.63, 3.8) is 0 Å². The van der Waals surface area contributed by atoms with Crippen LogP contribution in [0.15, 0.2) is 72.8 Å². The van der Waals surface area contributed by atoms with Gasteiger partial charge in [0.2, 0.25) is 0 Å². The highest BCUT2D eigenvalue weighted by atomic mass is 35.5. The summed E-state index contributed by atoms with van der Waals surface area (Å²) in [5, 5.41) is 0. The monoisotopic (exact) mass is 373 g/mol. The van der Waals surface area contributed by atoms with Crippen LogP contribution in [0, 0.1) is 5.82 Å². The van der Waals surface area contributed by atoms with Gasteiger partial charge in [0.15, 0.2) is 11.6 Å². The van der Waals surface area contributed by atoms with Crippen molar-refractivity contribution in [1.29, 1.82) is 0 Å². The molecule has 0 fully saturated rings. The first kappa shape index (κ1) is 19.8. The predicted octanol–water partition coefficient (Wildman–Crippen LogP) is 4.83. The molecule has 0 heterocycles. The number of halogens is 2. The lowest BCUT2D eigenvalue weighted by Crippen LogP contribution is -2.11. The van der Waals surface area contributed by atoms with Gasteiger partial charge >= 0.3 is 0 Å². The van der Waals surface area contributed by atoms with Crippen LogP contribution in [0.3, 0.4) is 0 Å². The van der Waals surface area contributed by atoms with E-state index in [1.165, 1.54) is 6.07 Å². The van der Waals surface area contributed by atoms with E-state index in [2.05, 4.69) is 0 Å². The minimum absolute atomic E-state index is 0. The third kappa shape index (κ3) is 5.22. The SMILES string of the molecule is Cl.NCCOc1ccc(-c2ccc(OCc3ccccc3)cc2)cc1F. The number of ether oxygens (including phenoxy) is 2. The van der Waals surface area contributed by atoms with Crippen molar-refractivity contribution in [2.24, 2.45) is 5.73 Å². The molecule has 0 bridgehead atoms. The number of hydrogen-bond donors (Lipinski definition) is 1. The Morgan fingerprint density at radius 3 is 2.15 bits per heavy atom. The van der Waals surface area contributed by atoms with Crippen LogP contribution in [0.1, 0.15) is 5.56 Å². The van der Waals surface area contributed by atoms with E-state index < -0.39 is 5.82 Å². The molecule has 136 valence electrons. The second-order valence-electron chi connectivity index (χ2n) is 5.58. The van der Waals surface area contributed by atoms with Gasteiger partial charge in [-0.1, -0.05) is 48.5 Å². The second kappa shape index (κ2) is 9.80. The van der Waals surface area contributed by atoms with Crippen molar-refractivity contribution >= 4 is 12.4 Å². The molecule has 3 rings (SSSR count). The van der Waals surface area contributed by atoms with E-state index >= 15 is 0 Å². The summed E-state index contributed by atoms with van der Waals surface area (Å²) in [7, 11) is 0.